The molecule has 0 aromatic heterocycles. The molecule has 1 unspecified atom stereocenters. The number of likely N-dealkylation sites (tertiary alicyclic amines) is 1. The summed E-state index contributed by atoms with van der Waals surface area (Å²) in [4.78, 5) is 9.66. The molecule has 1 aromatic carbocycles. The van der Waals surface area contributed by atoms with Gasteiger partial charge in [-0.1, -0.05) is 19.9 Å². The lowest BCUT2D eigenvalue weighted by atomic mass is 10.1. The summed E-state index contributed by atoms with van der Waals surface area (Å²) in [7, 11) is 1.58. The summed E-state index contributed by atoms with van der Waals surface area (Å²) in [5.41, 5.74) is 1.58. The predicted octanol–water partition coefficient (Wildman–Crippen LogP) is 3.10. The molecule has 0 spiro atoms. The lowest BCUT2D eigenvalue weighted by Crippen LogP contribution is -2.40. The Balaban J connectivity index is 2.01. The van der Waals surface area contributed by atoms with Crippen molar-refractivity contribution in [1.82, 2.24) is 15.1 Å². The molecule has 0 amide bonds. The molecule has 6 heteroatoms. The first kappa shape index (κ1) is 21.6. The fourth-order valence-corrected chi connectivity index (χ4v) is 3.61. The van der Waals surface area contributed by atoms with E-state index in [2.05, 4.69) is 35.9 Å². The first-order valence-electron chi connectivity index (χ1n) is 10.1. The van der Waals surface area contributed by atoms with Crippen LogP contribution in [0.4, 0.5) is 4.39 Å². The smallest absolute Gasteiger partial charge is 0.194 e. The summed E-state index contributed by atoms with van der Waals surface area (Å²) in [6.45, 7) is 13.6. The van der Waals surface area contributed by atoms with Gasteiger partial charge in [-0.3, -0.25) is 0 Å². The number of rotatable bonds is 9. The SMILES string of the molecule is CCNC(=NCc1ccc(F)c(COC)c1)N1CCC(CN(CC)CC)C1. The maximum atomic E-state index is 13.8. The maximum Gasteiger partial charge on any atom is 0.194 e. The van der Waals surface area contributed by atoms with E-state index in [9.17, 15) is 4.39 Å². The lowest BCUT2D eigenvalue weighted by molar-refractivity contribution is 0.181. The fourth-order valence-electron chi connectivity index (χ4n) is 3.61. The average molecular weight is 379 g/mol. The highest BCUT2D eigenvalue weighted by Gasteiger charge is 2.25. The minimum absolute atomic E-state index is 0.227. The molecule has 0 saturated carbocycles. The van der Waals surface area contributed by atoms with Gasteiger partial charge in [-0.2, -0.15) is 0 Å². The molecule has 27 heavy (non-hydrogen) atoms. The minimum atomic E-state index is -0.227. The highest BCUT2D eigenvalue weighted by atomic mass is 19.1. The Kier molecular flexibility index (Phi) is 9.01. The number of aliphatic imine (C=N–C) groups is 1. The minimum Gasteiger partial charge on any atom is -0.380 e. The molecule has 5 nitrogen and oxygen atoms in total. The van der Waals surface area contributed by atoms with Crippen molar-refractivity contribution in [3.8, 4) is 0 Å². The normalized spacial score (nSPS) is 17.8. The van der Waals surface area contributed by atoms with Gasteiger partial charge in [-0.25, -0.2) is 9.38 Å². The molecule has 1 aliphatic heterocycles. The summed E-state index contributed by atoms with van der Waals surface area (Å²) >= 11 is 0. The van der Waals surface area contributed by atoms with E-state index < -0.39 is 0 Å². The average Bonchev–Trinajstić information content (AvgIpc) is 3.14. The van der Waals surface area contributed by atoms with E-state index in [4.69, 9.17) is 9.73 Å². The van der Waals surface area contributed by atoms with Crippen LogP contribution < -0.4 is 5.32 Å². The molecule has 1 fully saturated rings. The van der Waals surface area contributed by atoms with Gasteiger partial charge < -0.3 is 19.9 Å². The highest BCUT2D eigenvalue weighted by molar-refractivity contribution is 5.80. The topological polar surface area (TPSA) is 40.1 Å². The highest BCUT2D eigenvalue weighted by Crippen LogP contribution is 2.18. The number of benzene rings is 1. The number of nitrogens with zero attached hydrogens (tertiary/aromatic N) is 3. The Morgan fingerprint density at radius 1 is 1.33 bits per heavy atom. The second-order valence-corrected chi connectivity index (χ2v) is 7.12. The Morgan fingerprint density at radius 3 is 2.78 bits per heavy atom. The number of ether oxygens (including phenoxy) is 1. The zero-order valence-corrected chi connectivity index (χ0v) is 17.3. The first-order valence-corrected chi connectivity index (χ1v) is 10.1. The van der Waals surface area contributed by atoms with Crippen LogP contribution in [0.15, 0.2) is 23.2 Å². The van der Waals surface area contributed by atoms with Gasteiger partial charge in [0, 0.05) is 38.9 Å². The predicted molar refractivity (Wildman–Crippen MR) is 109 cm³/mol. The van der Waals surface area contributed by atoms with Crippen LogP contribution in [0.3, 0.4) is 0 Å². The summed E-state index contributed by atoms with van der Waals surface area (Å²) in [5.74, 6) is 1.42. The van der Waals surface area contributed by atoms with Crippen molar-refractivity contribution in [3.05, 3.63) is 35.1 Å². The van der Waals surface area contributed by atoms with E-state index in [0.29, 0.717) is 18.0 Å². The number of hydrogen-bond donors (Lipinski definition) is 1. The van der Waals surface area contributed by atoms with Crippen molar-refractivity contribution < 1.29 is 9.13 Å². The number of hydrogen-bond acceptors (Lipinski definition) is 3. The fraction of sp³-hybridized carbons (Fsp3) is 0.667. The summed E-state index contributed by atoms with van der Waals surface area (Å²) in [5, 5.41) is 3.41. The third-order valence-corrected chi connectivity index (χ3v) is 5.15. The van der Waals surface area contributed by atoms with Crippen LogP contribution in [0.25, 0.3) is 0 Å². The third-order valence-electron chi connectivity index (χ3n) is 5.15. The molecule has 1 aliphatic rings. The summed E-state index contributed by atoms with van der Waals surface area (Å²) < 4.78 is 18.9. The van der Waals surface area contributed by atoms with Crippen LogP contribution >= 0.6 is 0 Å². The van der Waals surface area contributed by atoms with E-state index in [-0.39, 0.29) is 12.4 Å². The Hall–Kier alpha value is -1.66. The first-order chi connectivity index (χ1) is 13.1. The number of halogens is 1. The van der Waals surface area contributed by atoms with E-state index in [1.807, 2.05) is 6.07 Å². The quantitative estimate of drug-likeness (QED) is 0.529. The van der Waals surface area contributed by atoms with Gasteiger partial charge in [0.15, 0.2) is 5.96 Å². The number of methoxy groups -OCH3 is 1. The maximum absolute atomic E-state index is 13.8. The second-order valence-electron chi connectivity index (χ2n) is 7.12. The Bertz CT molecular complexity index is 604. The van der Waals surface area contributed by atoms with E-state index in [1.165, 1.54) is 12.5 Å². The third kappa shape index (κ3) is 6.47. The number of nitrogens with one attached hydrogen (secondary N) is 1. The molecule has 1 saturated heterocycles. The van der Waals surface area contributed by atoms with Gasteiger partial charge in [-0.15, -0.1) is 0 Å². The van der Waals surface area contributed by atoms with Crippen LogP contribution in [0.5, 0.6) is 0 Å². The largest absolute Gasteiger partial charge is 0.380 e. The van der Waals surface area contributed by atoms with Gasteiger partial charge in [0.2, 0.25) is 0 Å². The molecule has 1 atom stereocenters. The molecule has 0 radical (unpaired) electrons. The molecular formula is C21H35FN4O. The van der Waals surface area contributed by atoms with Crippen LogP contribution in [0, 0.1) is 11.7 Å². The zero-order chi connectivity index (χ0) is 19.6. The summed E-state index contributed by atoms with van der Waals surface area (Å²) in [6, 6.07) is 5.15. The van der Waals surface area contributed by atoms with Gasteiger partial charge in [0.1, 0.15) is 5.82 Å². The van der Waals surface area contributed by atoms with Gasteiger partial charge in [0.25, 0.3) is 0 Å². The van der Waals surface area contributed by atoms with E-state index >= 15 is 0 Å². The van der Waals surface area contributed by atoms with Gasteiger partial charge in [-0.05, 0) is 50.0 Å². The van der Waals surface area contributed by atoms with Gasteiger partial charge >= 0.3 is 0 Å². The molecule has 1 aromatic rings. The van der Waals surface area contributed by atoms with Crippen LogP contribution in [-0.2, 0) is 17.9 Å². The van der Waals surface area contributed by atoms with Crippen LogP contribution in [0.1, 0.15) is 38.3 Å². The van der Waals surface area contributed by atoms with Crippen molar-refractivity contribution in [2.75, 3.05) is 46.4 Å². The Labute approximate surface area is 163 Å². The van der Waals surface area contributed by atoms with Crippen molar-refractivity contribution in [2.24, 2.45) is 10.9 Å². The van der Waals surface area contributed by atoms with E-state index in [1.54, 1.807) is 13.2 Å². The van der Waals surface area contributed by atoms with Crippen LogP contribution in [0.2, 0.25) is 0 Å². The summed E-state index contributed by atoms with van der Waals surface area (Å²) in [6.07, 6.45) is 1.20. The van der Waals surface area contributed by atoms with Crippen molar-refractivity contribution in [3.63, 3.8) is 0 Å². The van der Waals surface area contributed by atoms with Crippen LogP contribution in [-0.4, -0.2) is 62.1 Å². The van der Waals surface area contributed by atoms with E-state index in [0.717, 1.165) is 50.8 Å². The standard InChI is InChI=1S/C21H35FN4O/c1-5-23-21(26-11-10-18(15-26)14-25(6-2)7-3)24-13-17-8-9-20(22)19(12-17)16-27-4/h8-9,12,18H,5-7,10-11,13-16H2,1-4H3,(H,23,24). The molecule has 0 aliphatic carbocycles. The molecule has 1 heterocycles. The monoisotopic (exact) mass is 378 g/mol. The zero-order valence-electron chi connectivity index (χ0n) is 17.3. The van der Waals surface area contributed by atoms with Crippen molar-refractivity contribution >= 4 is 5.96 Å². The molecule has 0 bridgehead atoms. The molecule has 1 N–H and O–H groups in total. The van der Waals surface area contributed by atoms with Crippen molar-refractivity contribution in [2.45, 2.75) is 40.3 Å². The molecule has 152 valence electrons. The lowest BCUT2D eigenvalue weighted by Gasteiger charge is -2.24. The molecule has 2 rings (SSSR count). The van der Waals surface area contributed by atoms with Gasteiger partial charge in [0.05, 0.1) is 13.2 Å². The number of guanidine groups is 1. The second kappa shape index (κ2) is 11.2. The molecular weight excluding hydrogens is 343 g/mol. The van der Waals surface area contributed by atoms with Crippen molar-refractivity contribution in [1.29, 1.82) is 0 Å². The Morgan fingerprint density at radius 2 is 2.11 bits per heavy atom.